The van der Waals surface area contributed by atoms with Crippen LogP contribution in [0.5, 0.6) is 0 Å². The minimum absolute atomic E-state index is 0.294. The van der Waals surface area contributed by atoms with Crippen molar-refractivity contribution in [3.8, 4) is 0 Å². The maximum absolute atomic E-state index is 4.61. The fourth-order valence-corrected chi connectivity index (χ4v) is 3.39. The molecule has 1 unspecified atom stereocenters. The molecule has 1 saturated heterocycles. The highest BCUT2D eigenvalue weighted by Gasteiger charge is 2.31. The lowest BCUT2D eigenvalue weighted by Crippen LogP contribution is -2.47. The number of rotatable bonds is 6. The second-order valence-corrected chi connectivity index (χ2v) is 5.98. The maximum atomic E-state index is 4.61. The molecule has 108 valence electrons. The van der Waals surface area contributed by atoms with E-state index in [2.05, 4.69) is 34.9 Å². The number of hydrogen-bond acceptors (Lipinski definition) is 2. The van der Waals surface area contributed by atoms with Crippen molar-refractivity contribution in [2.24, 2.45) is 0 Å². The van der Waals surface area contributed by atoms with E-state index in [4.69, 9.17) is 0 Å². The highest BCUT2D eigenvalue weighted by molar-refractivity contribution is 5.03. The largest absolute Gasteiger partial charge is 0.335 e. The molecule has 0 aliphatic carbocycles. The summed E-state index contributed by atoms with van der Waals surface area (Å²) in [4.78, 5) is 4.61. The molecule has 1 atom stereocenters. The van der Waals surface area contributed by atoms with Gasteiger partial charge in [-0.1, -0.05) is 33.1 Å². The SMILES string of the molecule is CCCn1ccnc1CC1(CCC)CCCCCN1. The van der Waals surface area contributed by atoms with Crippen LogP contribution in [0.1, 0.15) is 64.6 Å². The molecule has 0 spiro atoms. The zero-order valence-electron chi connectivity index (χ0n) is 12.6. The van der Waals surface area contributed by atoms with Gasteiger partial charge in [0.1, 0.15) is 5.82 Å². The summed E-state index contributed by atoms with van der Waals surface area (Å²) in [6.07, 6.45) is 14.3. The van der Waals surface area contributed by atoms with Gasteiger partial charge in [-0.2, -0.15) is 0 Å². The molecule has 0 saturated carbocycles. The predicted molar refractivity (Wildman–Crippen MR) is 80.3 cm³/mol. The summed E-state index contributed by atoms with van der Waals surface area (Å²) in [6, 6.07) is 0. The molecule has 1 aliphatic rings. The van der Waals surface area contributed by atoms with Gasteiger partial charge in [0.2, 0.25) is 0 Å². The average molecular weight is 263 g/mol. The Balaban J connectivity index is 2.12. The van der Waals surface area contributed by atoms with Gasteiger partial charge >= 0.3 is 0 Å². The van der Waals surface area contributed by atoms with Crippen LogP contribution in [0.15, 0.2) is 12.4 Å². The normalized spacial score (nSPS) is 24.3. The third-order valence-corrected chi connectivity index (χ3v) is 4.32. The Morgan fingerprint density at radius 1 is 1.26 bits per heavy atom. The first-order valence-electron chi connectivity index (χ1n) is 8.05. The summed E-state index contributed by atoms with van der Waals surface area (Å²) in [5.41, 5.74) is 0.294. The second kappa shape index (κ2) is 7.09. The molecule has 2 heterocycles. The van der Waals surface area contributed by atoms with Crippen LogP contribution < -0.4 is 5.32 Å². The molecule has 0 amide bonds. The van der Waals surface area contributed by atoms with E-state index in [0.29, 0.717) is 5.54 Å². The molecule has 19 heavy (non-hydrogen) atoms. The Morgan fingerprint density at radius 2 is 2.16 bits per heavy atom. The number of nitrogens with zero attached hydrogens (tertiary/aromatic N) is 2. The van der Waals surface area contributed by atoms with Crippen LogP contribution in [-0.4, -0.2) is 21.6 Å². The first-order chi connectivity index (χ1) is 9.29. The van der Waals surface area contributed by atoms with E-state index in [9.17, 15) is 0 Å². The summed E-state index contributed by atoms with van der Waals surface area (Å²) in [7, 11) is 0. The van der Waals surface area contributed by atoms with Crippen LogP contribution in [0.2, 0.25) is 0 Å². The Hall–Kier alpha value is -0.830. The van der Waals surface area contributed by atoms with Crippen LogP contribution in [0, 0.1) is 0 Å². The van der Waals surface area contributed by atoms with E-state index >= 15 is 0 Å². The number of hydrogen-bond donors (Lipinski definition) is 1. The van der Waals surface area contributed by atoms with Crippen molar-refractivity contribution in [2.45, 2.75) is 77.3 Å². The lowest BCUT2D eigenvalue weighted by molar-refractivity contribution is 0.280. The Kier molecular flexibility index (Phi) is 5.44. The van der Waals surface area contributed by atoms with Crippen LogP contribution >= 0.6 is 0 Å². The molecule has 1 aliphatic heterocycles. The standard InChI is InChI=1S/C16H29N3/c1-3-8-16(9-6-5-7-10-18-16)14-15-17-11-13-19(15)12-4-2/h11,13,18H,3-10,12,14H2,1-2H3. The quantitative estimate of drug-likeness (QED) is 0.851. The molecule has 1 aromatic rings. The number of aromatic nitrogens is 2. The van der Waals surface area contributed by atoms with Crippen LogP contribution in [0.3, 0.4) is 0 Å². The number of nitrogens with one attached hydrogen (secondary N) is 1. The van der Waals surface area contributed by atoms with Crippen LogP contribution in [0.4, 0.5) is 0 Å². The molecule has 3 nitrogen and oxygen atoms in total. The van der Waals surface area contributed by atoms with Gasteiger partial charge in [-0.05, 0) is 32.2 Å². The highest BCUT2D eigenvalue weighted by Crippen LogP contribution is 2.27. The van der Waals surface area contributed by atoms with Crippen molar-refractivity contribution in [3.05, 3.63) is 18.2 Å². The molecule has 0 radical (unpaired) electrons. The predicted octanol–water partition coefficient (Wildman–Crippen LogP) is 3.54. The van der Waals surface area contributed by atoms with Gasteiger partial charge in [0.05, 0.1) is 0 Å². The third-order valence-electron chi connectivity index (χ3n) is 4.32. The van der Waals surface area contributed by atoms with Crippen molar-refractivity contribution >= 4 is 0 Å². The minimum atomic E-state index is 0.294. The lowest BCUT2D eigenvalue weighted by atomic mass is 9.85. The Morgan fingerprint density at radius 3 is 2.95 bits per heavy atom. The van der Waals surface area contributed by atoms with E-state index in [1.165, 1.54) is 57.3 Å². The van der Waals surface area contributed by atoms with Gasteiger partial charge in [-0.3, -0.25) is 0 Å². The first-order valence-corrected chi connectivity index (χ1v) is 8.05. The fourth-order valence-electron chi connectivity index (χ4n) is 3.39. The molecular weight excluding hydrogens is 234 g/mol. The summed E-state index contributed by atoms with van der Waals surface area (Å²) in [6.45, 7) is 6.80. The van der Waals surface area contributed by atoms with E-state index in [-0.39, 0.29) is 0 Å². The number of imidazole rings is 1. The zero-order chi connectivity index (χ0) is 13.6. The molecule has 0 bridgehead atoms. The molecule has 3 heteroatoms. The summed E-state index contributed by atoms with van der Waals surface area (Å²) < 4.78 is 2.34. The molecular formula is C16H29N3. The minimum Gasteiger partial charge on any atom is -0.335 e. The van der Waals surface area contributed by atoms with Crippen LogP contribution in [-0.2, 0) is 13.0 Å². The lowest BCUT2D eigenvalue weighted by Gasteiger charge is -2.33. The molecule has 1 fully saturated rings. The van der Waals surface area contributed by atoms with E-state index < -0.39 is 0 Å². The smallest absolute Gasteiger partial charge is 0.110 e. The van der Waals surface area contributed by atoms with Gasteiger partial charge < -0.3 is 9.88 Å². The topological polar surface area (TPSA) is 29.9 Å². The first kappa shape index (κ1) is 14.6. The summed E-state index contributed by atoms with van der Waals surface area (Å²) in [5, 5.41) is 3.85. The Bertz CT molecular complexity index is 362. The van der Waals surface area contributed by atoms with E-state index in [0.717, 1.165) is 13.0 Å². The molecule has 0 aromatic carbocycles. The Labute approximate surface area is 117 Å². The van der Waals surface area contributed by atoms with Gasteiger partial charge in [0.15, 0.2) is 0 Å². The second-order valence-electron chi connectivity index (χ2n) is 5.98. The van der Waals surface area contributed by atoms with Crippen LogP contribution in [0.25, 0.3) is 0 Å². The van der Waals surface area contributed by atoms with Crippen molar-refractivity contribution < 1.29 is 0 Å². The number of aryl methyl sites for hydroxylation is 1. The molecule has 2 rings (SSSR count). The van der Waals surface area contributed by atoms with Crippen molar-refractivity contribution in [1.29, 1.82) is 0 Å². The fraction of sp³-hybridized carbons (Fsp3) is 0.812. The summed E-state index contributed by atoms with van der Waals surface area (Å²) >= 11 is 0. The molecule has 1 N–H and O–H groups in total. The van der Waals surface area contributed by atoms with Gasteiger partial charge in [0, 0.05) is 30.9 Å². The van der Waals surface area contributed by atoms with Gasteiger partial charge in [0.25, 0.3) is 0 Å². The third kappa shape index (κ3) is 3.82. The summed E-state index contributed by atoms with van der Waals surface area (Å²) in [5.74, 6) is 1.27. The highest BCUT2D eigenvalue weighted by atomic mass is 15.1. The van der Waals surface area contributed by atoms with Crippen molar-refractivity contribution in [3.63, 3.8) is 0 Å². The van der Waals surface area contributed by atoms with Gasteiger partial charge in [-0.15, -0.1) is 0 Å². The van der Waals surface area contributed by atoms with Gasteiger partial charge in [-0.25, -0.2) is 4.98 Å². The van der Waals surface area contributed by atoms with Crippen molar-refractivity contribution in [2.75, 3.05) is 6.54 Å². The zero-order valence-corrected chi connectivity index (χ0v) is 12.6. The maximum Gasteiger partial charge on any atom is 0.110 e. The monoisotopic (exact) mass is 263 g/mol. The van der Waals surface area contributed by atoms with E-state index in [1.807, 2.05) is 6.20 Å². The van der Waals surface area contributed by atoms with E-state index in [1.54, 1.807) is 0 Å². The average Bonchev–Trinajstić information content (AvgIpc) is 2.69. The van der Waals surface area contributed by atoms with Crippen molar-refractivity contribution in [1.82, 2.24) is 14.9 Å². The molecule has 1 aromatic heterocycles.